The lowest BCUT2D eigenvalue weighted by atomic mass is 10.2. The van der Waals surface area contributed by atoms with Gasteiger partial charge in [0.1, 0.15) is 5.82 Å². The largest absolute Gasteiger partial charge is 0.381 e. The summed E-state index contributed by atoms with van der Waals surface area (Å²) in [5, 5.41) is 2.96. The maximum absolute atomic E-state index is 13.5. The summed E-state index contributed by atoms with van der Waals surface area (Å²) >= 11 is 0. The normalized spacial score (nSPS) is 16.3. The van der Waals surface area contributed by atoms with E-state index in [0.717, 1.165) is 38.1 Å². The number of carbonyl (C=O) groups excluding carboxylic acids is 1. The van der Waals surface area contributed by atoms with Gasteiger partial charge in [-0.2, -0.15) is 0 Å². The van der Waals surface area contributed by atoms with Gasteiger partial charge in [-0.25, -0.2) is 9.37 Å². The van der Waals surface area contributed by atoms with Crippen LogP contribution in [0, 0.1) is 5.82 Å². The number of carbonyl (C=O) groups is 1. The fourth-order valence-electron chi connectivity index (χ4n) is 2.23. The van der Waals surface area contributed by atoms with E-state index < -0.39 is 11.7 Å². The Labute approximate surface area is 145 Å². The topological polar surface area (TPSA) is 119 Å². The summed E-state index contributed by atoms with van der Waals surface area (Å²) in [6, 6.07) is 0.979. The number of ether oxygens (including phenoxy) is 1. The van der Waals surface area contributed by atoms with Crippen molar-refractivity contribution in [3.8, 4) is 0 Å². The van der Waals surface area contributed by atoms with E-state index in [2.05, 4.69) is 20.2 Å². The van der Waals surface area contributed by atoms with Gasteiger partial charge in [-0.3, -0.25) is 14.7 Å². The number of nitrogens with one attached hydrogen (secondary N) is 1. The van der Waals surface area contributed by atoms with Crippen LogP contribution in [-0.2, 0) is 4.74 Å². The molecule has 1 saturated heterocycles. The highest BCUT2D eigenvalue weighted by Crippen LogP contribution is 2.20. The Bertz CT molecular complexity index is 671. The van der Waals surface area contributed by atoms with Crippen LogP contribution in [0.3, 0.4) is 0 Å². The molecular formula is C16H23FN6O2. The van der Waals surface area contributed by atoms with Crippen molar-refractivity contribution in [2.75, 3.05) is 44.0 Å². The molecule has 1 aromatic heterocycles. The number of hydrogen-bond donors (Lipinski definition) is 3. The zero-order chi connectivity index (χ0) is 18.2. The van der Waals surface area contributed by atoms with Crippen molar-refractivity contribution in [2.45, 2.75) is 13.3 Å². The number of aliphatic imine (C=N–C) groups is 1. The zero-order valence-corrected chi connectivity index (χ0v) is 14.2. The van der Waals surface area contributed by atoms with Crippen LogP contribution in [0.2, 0.25) is 0 Å². The Kier molecular flexibility index (Phi) is 6.84. The van der Waals surface area contributed by atoms with E-state index in [4.69, 9.17) is 16.2 Å². The molecule has 9 heteroatoms. The summed E-state index contributed by atoms with van der Waals surface area (Å²) in [6.45, 7) is 5.68. The molecule has 0 saturated carbocycles. The van der Waals surface area contributed by atoms with Crippen LogP contribution in [0.4, 0.5) is 16.0 Å². The van der Waals surface area contributed by atoms with E-state index in [1.54, 1.807) is 12.3 Å². The lowest BCUT2D eigenvalue weighted by Gasteiger charge is -2.24. The maximum Gasteiger partial charge on any atom is 0.252 e. The van der Waals surface area contributed by atoms with E-state index in [1.807, 2.05) is 6.92 Å². The number of primary amides is 1. The first-order valence-corrected chi connectivity index (χ1v) is 8.03. The highest BCUT2D eigenvalue weighted by Gasteiger charge is 2.14. The van der Waals surface area contributed by atoms with Crippen molar-refractivity contribution in [3.05, 3.63) is 29.2 Å². The lowest BCUT2D eigenvalue weighted by Crippen LogP contribution is -2.36. The van der Waals surface area contributed by atoms with Gasteiger partial charge in [0.15, 0.2) is 11.6 Å². The minimum Gasteiger partial charge on any atom is -0.381 e. The number of allylic oxidation sites excluding steroid dienone is 2. The highest BCUT2D eigenvalue weighted by atomic mass is 19.1. The summed E-state index contributed by atoms with van der Waals surface area (Å²) in [4.78, 5) is 21.9. The van der Waals surface area contributed by atoms with Gasteiger partial charge in [-0.1, -0.05) is 6.92 Å². The average molecular weight is 350 g/mol. The molecule has 0 atom stereocenters. The smallest absolute Gasteiger partial charge is 0.252 e. The Hall–Kier alpha value is -2.52. The molecule has 0 unspecified atom stereocenters. The molecule has 1 fully saturated rings. The number of hydrogen-bond acceptors (Lipinski definition) is 7. The van der Waals surface area contributed by atoms with Crippen molar-refractivity contribution in [1.29, 1.82) is 0 Å². The summed E-state index contributed by atoms with van der Waals surface area (Å²) in [6.07, 6.45) is 4.07. The number of pyridine rings is 1. The van der Waals surface area contributed by atoms with Gasteiger partial charge < -0.3 is 21.5 Å². The van der Waals surface area contributed by atoms with Crippen LogP contribution in [0.5, 0.6) is 0 Å². The van der Waals surface area contributed by atoms with Crippen LogP contribution >= 0.6 is 0 Å². The minimum absolute atomic E-state index is 0.0590. The molecule has 1 aliphatic heterocycles. The van der Waals surface area contributed by atoms with Gasteiger partial charge >= 0.3 is 0 Å². The molecule has 2 heterocycles. The number of anilines is 2. The molecule has 0 spiro atoms. The van der Waals surface area contributed by atoms with Crippen LogP contribution in [0.15, 0.2) is 22.8 Å². The molecular weight excluding hydrogens is 327 g/mol. The zero-order valence-electron chi connectivity index (χ0n) is 14.2. The predicted octanol–water partition coefficient (Wildman–Crippen LogP) is 0.968. The lowest BCUT2D eigenvalue weighted by molar-refractivity contribution is 0.0395. The fraction of sp³-hybridized carbons (Fsp3) is 0.438. The number of halogens is 1. The van der Waals surface area contributed by atoms with E-state index in [9.17, 15) is 9.18 Å². The van der Waals surface area contributed by atoms with Crippen molar-refractivity contribution >= 4 is 23.8 Å². The Morgan fingerprint density at radius 3 is 2.88 bits per heavy atom. The van der Waals surface area contributed by atoms with Crippen LogP contribution in [-0.4, -0.2) is 55.0 Å². The summed E-state index contributed by atoms with van der Waals surface area (Å²) in [7, 11) is 0. The number of nitrogen functional groups attached to an aromatic ring is 1. The van der Waals surface area contributed by atoms with Gasteiger partial charge in [0, 0.05) is 25.0 Å². The number of morpholine rings is 1. The quantitative estimate of drug-likeness (QED) is 0.631. The number of amides is 1. The third-order valence-electron chi connectivity index (χ3n) is 3.69. The number of aromatic nitrogens is 1. The van der Waals surface area contributed by atoms with Gasteiger partial charge in [0.2, 0.25) is 0 Å². The summed E-state index contributed by atoms with van der Waals surface area (Å²) < 4.78 is 18.8. The van der Waals surface area contributed by atoms with Crippen LogP contribution < -0.4 is 16.8 Å². The van der Waals surface area contributed by atoms with E-state index in [1.165, 1.54) is 0 Å². The molecule has 0 radical (unpaired) electrons. The maximum atomic E-state index is 13.5. The molecule has 1 amide bonds. The molecule has 136 valence electrons. The first-order valence-electron chi connectivity index (χ1n) is 8.03. The van der Waals surface area contributed by atoms with Gasteiger partial charge in [0.25, 0.3) is 5.91 Å². The Morgan fingerprint density at radius 1 is 1.52 bits per heavy atom. The Balaban J connectivity index is 2.05. The van der Waals surface area contributed by atoms with Crippen molar-refractivity contribution < 1.29 is 13.9 Å². The molecule has 5 N–H and O–H groups in total. The second-order valence-corrected chi connectivity index (χ2v) is 5.49. The average Bonchev–Trinajstić information content (AvgIpc) is 2.61. The van der Waals surface area contributed by atoms with Gasteiger partial charge in [-0.15, -0.1) is 0 Å². The Morgan fingerprint density at radius 2 is 2.24 bits per heavy atom. The number of nitrogens with zero attached hydrogens (tertiary/aromatic N) is 3. The first-order chi connectivity index (χ1) is 12.0. The molecule has 8 nitrogen and oxygen atoms in total. The fourth-order valence-corrected chi connectivity index (χ4v) is 2.23. The van der Waals surface area contributed by atoms with Crippen molar-refractivity contribution in [2.24, 2.45) is 10.7 Å². The molecule has 1 aromatic rings. The molecule has 0 bridgehead atoms. The molecule has 25 heavy (non-hydrogen) atoms. The van der Waals surface area contributed by atoms with Crippen molar-refractivity contribution in [3.63, 3.8) is 0 Å². The third-order valence-corrected chi connectivity index (χ3v) is 3.69. The van der Waals surface area contributed by atoms with Gasteiger partial charge in [-0.05, 0) is 18.6 Å². The third kappa shape index (κ3) is 5.50. The molecule has 2 rings (SSSR count). The number of nitrogens with two attached hydrogens (primary N) is 2. The van der Waals surface area contributed by atoms with E-state index in [-0.39, 0.29) is 17.2 Å². The van der Waals surface area contributed by atoms with Gasteiger partial charge in [0.05, 0.1) is 25.4 Å². The first kappa shape index (κ1) is 18.8. The number of rotatable bonds is 7. The predicted molar refractivity (Wildman–Crippen MR) is 94.9 cm³/mol. The summed E-state index contributed by atoms with van der Waals surface area (Å²) in [5.41, 5.74) is 11.4. The SMILES string of the molecule is CC/C(=C\C=N/CN1CCOCC1)Nc1nc(N)c(F)cc1C(N)=O. The second-order valence-electron chi connectivity index (χ2n) is 5.49. The molecule has 0 aromatic carbocycles. The highest BCUT2D eigenvalue weighted by molar-refractivity contribution is 5.98. The van der Waals surface area contributed by atoms with Crippen molar-refractivity contribution in [1.82, 2.24) is 9.88 Å². The second kappa shape index (κ2) is 9.09. The monoisotopic (exact) mass is 350 g/mol. The van der Waals surface area contributed by atoms with E-state index >= 15 is 0 Å². The standard InChI is InChI=1S/C16H23FN6O2/c1-2-11(3-4-20-10-23-5-7-25-8-6-23)21-16-12(15(19)24)9-13(17)14(18)22-16/h3-4,9H,2,5-8,10H2,1H3,(H2,19,24)(H3,18,21,22)/b11-3+,20-4-. The van der Waals surface area contributed by atoms with Crippen LogP contribution in [0.1, 0.15) is 23.7 Å². The molecule has 1 aliphatic rings. The van der Waals surface area contributed by atoms with Crippen LogP contribution in [0.25, 0.3) is 0 Å². The molecule has 0 aliphatic carbocycles. The minimum atomic E-state index is -0.787. The summed E-state index contributed by atoms with van der Waals surface area (Å²) in [5.74, 6) is -1.75. The van der Waals surface area contributed by atoms with E-state index in [0.29, 0.717) is 13.1 Å².